The van der Waals surface area contributed by atoms with E-state index < -0.39 is 0 Å². The smallest absolute Gasteiger partial charge is 0.289 e. The summed E-state index contributed by atoms with van der Waals surface area (Å²) in [5.74, 6) is -0.0808. The first-order valence-electron chi connectivity index (χ1n) is 11.4. The maximum Gasteiger partial charge on any atom is 0.289 e. The van der Waals surface area contributed by atoms with Crippen LogP contribution in [0.5, 0.6) is 0 Å². The van der Waals surface area contributed by atoms with Gasteiger partial charge in [-0.25, -0.2) is 0 Å². The highest BCUT2D eigenvalue weighted by molar-refractivity contribution is 7.12. The average Bonchev–Trinajstić information content (AvgIpc) is 3.59. The van der Waals surface area contributed by atoms with Crippen molar-refractivity contribution in [2.24, 2.45) is 0 Å². The molecule has 3 amide bonds. The van der Waals surface area contributed by atoms with E-state index in [2.05, 4.69) is 10.2 Å². The molecule has 4 rings (SSSR count). The number of hydrogen-bond donors (Lipinski definition) is 1. The second-order valence-corrected chi connectivity index (χ2v) is 8.85. The first-order valence-corrected chi connectivity index (χ1v) is 12.3. The monoisotopic (exact) mass is 480 g/mol. The molecule has 0 aliphatic carbocycles. The molecule has 1 saturated heterocycles. The summed E-state index contributed by atoms with van der Waals surface area (Å²) in [4.78, 5) is 44.8. The molecule has 3 aromatic rings. The number of carbonyl (C=O) groups excluding carboxylic acids is 3. The minimum Gasteiger partial charge on any atom is -0.459 e. The molecule has 0 spiro atoms. The predicted molar refractivity (Wildman–Crippen MR) is 133 cm³/mol. The zero-order chi connectivity index (χ0) is 24.1. The fourth-order valence-electron chi connectivity index (χ4n) is 4.05. The van der Waals surface area contributed by atoms with Crippen molar-refractivity contribution in [2.45, 2.75) is 13.8 Å². The average molecular weight is 481 g/mol. The van der Waals surface area contributed by atoms with Crippen molar-refractivity contribution in [3.63, 3.8) is 0 Å². The third-order valence-electron chi connectivity index (χ3n) is 5.92. The number of amides is 3. The van der Waals surface area contributed by atoms with Gasteiger partial charge in [0, 0.05) is 50.6 Å². The molecule has 0 bridgehead atoms. The Balaban J connectivity index is 1.55. The highest BCUT2D eigenvalue weighted by Gasteiger charge is 2.27. The van der Waals surface area contributed by atoms with Gasteiger partial charge in [-0.15, -0.1) is 11.3 Å². The van der Waals surface area contributed by atoms with Crippen LogP contribution in [-0.2, 0) is 0 Å². The zero-order valence-electron chi connectivity index (χ0n) is 19.3. The minimum absolute atomic E-state index is 0.0821. The molecule has 1 aromatic carbocycles. The first-order chi connectivity index (χ1) is 16.5. The first kappa shape index (κ1) is 23.6. The number of thiophene rings is 1. The predicted octanol–water partition coefficient (Wildman–Crippen LogP) is 4.04. The summed E-state index contributed by atoms with van der Waals surface area (Å²) in [5, 5.41) is 4.75. The molecule has 3 heterocycles. The third kappa shape index (κ3) is 4.99. The molecule has 178 valence electrons. The Morgan fingerprint density at radius 2 is 1.79 bits per heavy atom. The molecule has 1 aliphatic rings. The van der Waals surface area contributed by atoms with E-state index in [0.29, 0.717) is 61.2 Å². The number of piperazine rings is 1. The lowest BCUT2D eigenvalue weighted by molar-refractivity contribution is 0.0711. The Morgan fingerprint density at radius 1 is 1.03 bits per heavy atom. The highest BCUT2D eigenvalue weighted by atomic mass is 32.1. The fourth-order valence-corrected chi connectivity index (χ4v) is 4.67. The van der Waals surface area contributed by atoms with Crippen molar-refractivity contribution in [3.8, 4) is 0 Å². The molecule has 1 fully saturated rings. The Morgan fingerprint density at radius 3 is 2.41 bits per heavy atom. The lowest BCUT2D eigenvalue weighted by Crippen LogP contribution is -2.49. The summed E-state index contributed by atoms with van der Waals surface area (Å²) in [6.45, 7) is 7.30. The summed E-state index contributed by atoms with van der Waals surface area (Å²) in [6.07, 6.45) is 1.49. The Bertz CT molecular complexity index is 1130. The maximum absolute atomic E-state index is 13.4. The van der Waals surface area contributed by atoms with Crippen molar-refractivity contribution < 1.29 is 18.8 Å². The van der Waals surface area contributed by atoms with E-state index in [1.54, 1.807) is 34.1 Å². The van der Waals surface area contributed by atoms with Crippen LogP contribution in [0.3, 0.4) is 0 Å². The SMILES string of the molecule is CCN(CC)C(=O)c1cc(NC(=O)c2cccs2)ccc1N1CCN(C(=O)c2ccco2)CC1. The quantitative estimate of drug-likeness (QED) is 0.552. The Kier molecular flexibility index (Phi) is 7.32. The van der Waals surface area contributed by atoms with E-state index in [0.717, 1.165) is 5.69 Å². The van der Waals surface area contributed by atoms with Crippen LogP contribution in [0.4, 0.5) is 11.4 Å². The Hall–Kier alpha value is -3.59. The molecule has 34 heavy (non-hydrogen) atoms. The molecule has 2 aromatic heterocycles. The van der Waals surface area contributed by atoms with Crippen LogP contribution >= 0.6 is 11.3 Å². The lowest BCUT2D eigenvalue weighted by atomic mass is 10.1. The van der Waals surface area contributed by atoms with Gasteiger partial charge in [0.1, 0.15) is 0 Å². The molecule has 9 heteroatoms. The number of benzene rings is 1. The highest BCUT2D eigenvalue weighted by Crippen LogP contribution is 2.28. The van der Waals surface area contributed by atoms with Gasteiger partial charge in [-0.1, -0.05) is 6.07 Å². The standard InChI is InChI=1S/C25H28N4O4S/c1-3-27(4-2)24(31)19-17-18(26-23(30)22-8-6-16-34-22)9-10-20(19)28-11-13-29(14-12-28)25(32)21-7-5-15-33-21/h5-10,15-17H,3-4,11-14H2,1-2H3,(H,26,30). The Labute approximate surface area is 202 Å². The summed E-state index contributed by atoms with van der Waals surface area (Å²) in [6, 6.07) is 12.4. The van der Waals surface area contributed by atoms with Crippen LogP contribution in [0.2, 0.25) is 0 Å². The zero-order valence-corrected chi connectivity index (χ0v) is 20.1. The lowest BCUT2D eigenvalue weighted by Gasteiger charge is -2.37. The van der Waals surface area contributed by atoms with E-state index in [1.165, 1.54) is 17.6 Å². The molecule has 0 saturated carbocycles. The van der Waals surface area contributed by atoms with Gasteiger partial charge in [0.25, 0.3) is 17.7 Å². The van der Waals surface area contributed by atoms with Gasteiger partial charge in [0.2, 0.25) is 0 Å². The second kappa shape index (κ2) is 10.6. The van der Waals surface area contributed by atoms with Crippen molar-refractivity contribution in [1.82, 2.24) is 9.80 Å². The van der Waals surface area contributed by atoms with Crippen molar-refractivity contribution in [2.75, 3.05) is 49.5 Å². The molecule has 1 N–H and O–H groups in total. The molecule has 0 radical (unpaired) electrons. The van der Waals surface area contributed by atoms with Gasteiger partial charge in [-0.2, -0.15) is 0 Å². The maximum atomic E-state index is 13.4. The molecular weight excluding hydrogens is 452 g/mol. The van der Waals surface area contributed by atoms with Gasteiger partial charge in [-0.05, 0) is 55.6 Å². The van der Waals surface area contributed by atoms with Gasteiger partial charge in [0.15, 0.2) is 5.76 Å². The topological polar surface area (TPSA) is 86.1 Å². The van der Waals surface area contributed by atoms with E-state index in [4.69, 9.17) is 4.42 Å². The molecule has 0 atom stereocenters. The molecular formula is C25H28N4O4S. The number of hydrogen-bond acceptors (Lipinski definition) is 6. The fraction of sp³-hybridized carbons (Fsp3) is 0.320. The van der Waals surface area contributed by atoms with Crippen LogP contribution in [0.25, 0.3) is 0 Å². The summed E-state index contributed by atoms with van der Waals surface area (Å²) in [7, 11) is 0. The van der Waals surface area contributed by atoms with E-state index in [1.807, 2.05) is 37.4 Å². The van der Waals surface area contributed by atoms with Gasteiger partial charge < -0.3 is 24.4 Å². The summed E-state index contributed by atoms with van der Waals surface area (Å²) in [5.41, 5.74) is 1.92. The van der Waals surface area contributed by atoms with E-state index in [9.17, 15) is 14.4 Å². The third-order valence-corrected chi connectivity index (χ3v) is 6.79. The van der Waals surface area contributed by atoms with Gasteiger partial charge >= 0.3 is 0 Å². The molecule has 1 aliphatic heterocycles. The van der Waals surface area contributed by atoms with Crippen LogP contribution in [0, 0.1) is 0 Å². The van der Waals surface area contributed by atoms with Crippen molar-refractivity contribution in [3.05, 3.63) is 70.3 Å². The van der Waals surface area contributed by atoms with Gasteiger partial charge in [0.05, 0.1) is 16.7 Å². The summed E-state index contributed by atoms with van der Waals surface area (Å²) >= 11 is 1.37. The van der Waals surface area contributed by atoms with Crippen molar-refractivity contribution in [1.29, 1.82) is 0 Å². The number of nitrogens with zero attached hydrogens (tertiary/aromatic N) is 3. The molecule has 0 unspecified atom stereocenters. The number of anilines is 2. The van der Waals surface area contributed by atoms with E-state index >= 15 is 0 Å². The number of furan rings is 1. The number of carbonyl (C=O) groups is 3. The van der Waals surface area contributed by atoms with Crippen LogP contribution in [0.15, 0.2) is 58.5 Å². The van der Waals surface area contributed by atoms with Crippen LogP contribution in [0.1, 0.15) is 44.4 Å². The van der Waals surface area contributed by atoms with E-state index in [-0.39, 0.29) is 17.7 Å². The number of rotatable bonds is 7. The van der Waals surface area contributed by atoms with Crippen LogP contribution in [-0.4, -0.2) is 66.8 Å². The largest absolute Gasteiger partial charge is 0.459 e. The van der Waals surface area contributed by atoms with Crippen LogP contribution < -0.4 is 10.2 Å². The minimum atomic E-state index is -0.200. The number of nitrogens with one attached hydrogen (secondary N) is 1. The molecule has 8 nitrogen and oxygen atoms in total. The van der Waals surface area contributed by atoms with Gasteiger partial charge in [-0.3, -0.25) is 14.4 Å². The van der Waals surface area contributed by atoms with Crippen molar-refractivity contribution >= 4 is 40.4 Å². The summed E-state index contributed by atoms with van der Waals surface area (Å²) < 4.78 is 5.24. The second-order valence-electron chi connectivity index (χ2n) is 7.90. The normalized spacial score (nSPS) is 13.6.